The van der Waals surface area contributed by atoms with Crippen LogP contribution in [0.25, 0.3) is 0 Å². The van der Waals surface area contributed by atoms with Crippen molar-refractivity contribution in [3.05, 3.63) is 65.5 Å². The van der Waals surface area contributed by atoms with Crippen LogP contribution in [0.1, 0.15) is 20.7 Å². The molecule has 18 heavy (non-hydrogen) atoms. The van der Waals surface area contributed by atoms with Crippen molar-refractivity contribution in [1.29, 1.82) is 0 Å². The fourth-order valence-electron chi connectivity index (χ4n) is 1.42. The van der Waals surface area contributed by atoms with E-state index in [0.717, 1.165) is 0 Å². The molecule has 0 spiro atoms. The van der Waals surface area contributed by atoms with Gasteiger partial charge in [-0.1, -0.05) is 12.1 Å². The zero-order chi connectivity index (χ0) is 13.0. The number of esters is 1. The molecular weight excluding hydrogens is 235 g/mol. The van der Waals surface area contributed by atoms with Crippen molar-refractivity contribution in [2.45, 2.75) is 0 Å². The summed E-state index contributed by atoms with van der Waals surface area (Å²) in [6, 6.07) is 11.4. The molecule has 0 saturated carbocycles. The van der Waals surface area contributed by atoms with E-state index in [0.29, 0.717) is 6.29 Å². The van der Waals surface area contributed by atoms with Gasteiger partial charge in [0.1, 0.15) is 11.6 Å². The zero-order valence-electron chi connectivity index (χ0n) is 9.30. The first-order valence-corrected chi connectivity index (χ1v) is 5.22. The van der Waals surface area contributed by atoms with E-state index in [1.165, 1.54) is 30.3 Å². The van der Waals surface area contributed by atoms with Gasteiger partial charge in [-0.05, 0) is 36.4 Å². The van der Waals surface area contributed by atoms with E-state index in [1.54, 1.807) is 18.2 Å². The Hall–Kier alpha value is -2.49. The van der Waals surface area contributed by atoms with Crippen molar-refractivity contribution < 1.29 is 18.7 Å². The van der Waals surface area contributed by atoms with Crippen LogP contribution in [0.5, 0.6) is 5.75 Å². The number of benzene rings is 2. The summed E-state index contributed by atoms with van der Waals surface area (Å²) in [4.78, 5) is 22.5. The van der Waals surface area contributed by atoms with Gasteiger partial charge < -0.3 is 4.74 Å². The summed E-state index contributed by atoms with van der Waals surface area (Å²) in [5, 5.41) is 0. The second-order valence-corrected chi connectivity index (χ2v) is 3.55. The topological polar surface area (TPSA) is 43.4 Å². The number of rotatable bonds is 3. The van der Waals surface area contributed by atoms with Gasteiger partial charge in [-0.2, -0.15) is 0 Å². The highest BCUT2D eigenvalue weighted by atomic mass is 19.1. The third-order valence-corrected chi connectivity index (χ3v) is 2.33. The van der Waals surface area contributed by atoms with Crippen molar-refractivity contribution in [2.75, 3.05) is 0 Å². The molecular formula is C14H9FO3. The van der Waals surface area contributed by atoms with Crippen LogP contribution in [-0.2, 0) is 0 Å². The minimum absolute atomic E-state index is 0.182. The average molecular weight is 244 g/mol. The Bertz CT molecular complexity index is 576. The fourth-order valence-corrected chi connectivity index (χ4v) is 1.42. The Morgan fingerprint density at radius 2 is 1.72 bits per heavy atom. The molecule has 0 aliphatic rings. The molecule has 2 aromatic carbocycles. The van der Waals surface area contributed by atoms with E-state index in [-0.39, 0.29) is 16.9 Å². The van der Waals surface area contributed by atoms with Crippen LogP contribution in [-0.4, -0.2) is 12.3 Å². The zero-order valence-corrected chi connectivity index (χ0v) is 9.30. The average Bonchev–Trinajstić information content (AvgIpc) is 2.40. The van der Waals surface area contributed by atoms with E-state index in [9.17, 15) is 14.0 Å². The summed E-state index contributed by atoms with van der Waals surface area (Å²) in [5.74, 6) is -0.883. The number of aldehydes is 1. The number of ether oxygens (including phenoxy) is 1. The highest BCUT2D eigenvalue weighted by Crippen LogP contribution is 2.17. The van der Waals surface area contributed by atoms with Crippen LogP contribution in [0.2, 0.25) is 0 Å². The van der Waals surface area contributed by atoms with Gasteiger partial charge in [-0.3, -0.25) is 4.79 Å². The third-order valence-electron chi connectivity index (χ3n) is 2.33. The van der Waals surface area contributed by atoms with Crippen molar-refractivity contribution in [3.63, 3.8) is 0 Å². The second-order valence-electron chi connectivity index (χ2n) is 3.55. The van der Waals surface area contributed by atoms with Gasteiger partial charge in [0.2, 0.25) is 0 Å². The maximum Gasteiger partial charge on any atom is 0.343 e. The van der Waals surface area contributed by atoms with Gasteiger partial charge in [0, 0.05) is 0 Å². The van der Waals surface area contributed by atoms with Crippen LogP contribution < -0.4 is 4.74 Å². The molecule has 2 aromatic rings. The molecule has 0 unspecified atom stereocenters. The summed E-state index contributed by atoms with van der Waals surface area (Å²) in [5.41, 5.74) is 0.505. The predicted molar refractivity (Wildman–Crippen MR) is 63.2 cm³/mol. The number of carbonyl (C=O) groups excluding carboxylic acids is 2. The largest absolute Gasteiger partial charge is 0.422 e. The van der Waals surface area contributed by atoms with Gasteiger partial charge in [0.05, 0.1) is 11.1 Å². The van der Waals surface area contributed by atoms with Gasteiger partial charge in [-0.15, -0.1) is 0 Å². The maximum absolute atomic E-state index is 12.7. The summed E-state index contributed by atoms with van der Waals surface area (Å²) >= 11 is 0. The minimum atomic E-state index is -0.635. The van der Waals surface area contributed by atoms with Gasteiger partial charge in [0.25, 0.3) is 0 Å². The second kappa shape index (κ2) is 5.23. The predicted octanol–water partition coefficient (Wildman–Crippen LogP) is 2.86. The number of halogens is 1. The summed E-state index contributed by atoms with van der Waals surface area (Å²) < 4.78 is 17.8. The lowest BCUT2D eigenvalue weighted by Crippen LogP contribution is -2.09. The molecule has 0 aliphatic carbocycles. The quantitative estimate of drug-likeness (QED) is 0.473. The maximum atomic E-state index is 12.7. The highest BCUT2D eigenvalue weighted by molar-refractivity contribution is 5.92. The Morgan fingerprint density at radius 1 is 1.06 bits per heavy atom. The molecule has 2 rings (SSSR count). The lowest BCUT2D eigenvalue weighted by atomic mass is 10.2. The first kappa shape index (κ1) is 12.0. The first-order chi connectivity index (χ1) is 8.70. The number of carbonyl (C=O) groups is 2. The van der Waals surface area contributed by atoms with E-state index in [1.807, 2.05) is 0 Å². The minimum Gasteiger partial charge on any atom is -0.422 e. The molecule has 0 bridgehead atoms. The number of hydrogen-bond acceptors (Lipinski definition) is 3. The van der Waals surface area contributed by atoms with Crippen LogP contribution in [0.4, 0.5) is 4.39 Å². The molecule has 0 saturated heterocycles. The van der Waals surface area contributed by atoms with E-state index in [4.69, 9.17) is 4.74 Å². The van der Waals surface area contributed by atoms with Crippen molar-refractivity contribution in [2.24, 2.45) is 0 Å². The molecule has 0 N–H and O–H groups in total. The Morgan fingerprint density at radius 3 is 2.39 bits per heavy atom. The molecule has 0 aliphatic heterocycles. The van der Waals surface area contributed by atoms with E-state index < -0.39 is 11.8 Å². The summed E-state index contributed by atoms with van der Waals surface area (Å²) in [7, 11) is 0. The van der Waals surface area contributed by atoms with Crippen molar-refractivity contribution >= 4 is 12.3 Å². The van der Waals surface area contributed by atoms with Crippen molar-refractivity contribution in [3.8, 4) is 5.75 Å². The molecule has 0 heterocycles. The summed E-state index contributed by atoms with van der Waals surface area (Å²) in [6.07, 6.45) is 0.604. The fraction of sp³-hybridized carbons (Fsp3) is 0. The van der Waals surface area contributed by atoms with Crippen LogP contribution >= 0.6 is 0 Å². The molecule has 0 radical (unpaired) electrons. The lowest BCUT2D eigenvalue weighted by Gasteiger charge is -2.06. The molecule has 0 aromatic heterocycles. The first-order valence-electron chi connectivity index (χ1n) is 5.22. The number of para-hydroxylation sites is 1. The lowest BCUT2D eigenvalue weighted by molar-refractivity contribution is 0.0733. The Balaban J connectivity index is 2.21. The van der Waals surface area contributed by atoms with Crippen LogP contribution in [0, 0.1) is 5.82 Å². The van der Waals surface area contributed by atoms with E-state index in [2.05, 4.69) is 0 Å². The SMILES string of the molecule is O=Cc1ccccc1OC(=O)c1ccc(F)cc1. The molecule has 4 heteroatoms. The van der Waals surface area contributed by atoms with Crippen LogP contribution in [0.15, 0.2) is 48.5 Å². The van der Waals surface area contributed by atoms with E-state index >= 15 is 0 Å². The molecule has 3 nitrogen and oxygen atoms in total. The Kier molecular flexibility index (Phi) is 3.48. The molecule has 90 valence electrons. The summed E-state index contributed by atoms with van der Waals surface area (Å²) in [6.45, 7) is 0. The van der Waals surface area contributed by atoms with Gasteiger partial charge in [-0.25, -0.2) is 9.18 Å². The third kappa shape index (κ3) is 2.60. The smallest absolute Gasteiger partial charge is 0.343 e. The molecule has 0 amide bonds. The van der Waals surface area contributed by atoms with Crippen molar-refractivity contribution in [1.82, 2.24) is 0 Å². The number of hydrogen-bond donors (Lipinski definition) is 0. The normalized spacial score (nSPS) is 9.83. The van der Waals surface area contributed by atoms with Gasteiger partial charge >= 0.3 is 5.97 Å². The highest BCUT2D eigenvalue weighted by Gasteiger charge is 2.10. The van der Waals surface area contributed by atoms with Crippen LogP contribution in [0.3, 0.4) is 0 Å². The standard InChI is InChI=1S/C14H9FO3/c15-12-7-5-10(6-8-12)14(17)18-13-4-2-1-3-11(13)9-16/h1-9H. The monoisotopic (exact) mass is 244 g/mol. The molecule has 0 atom stereocenters. The Labute approximate surface area is 103 Å². The molecule has 0 fully saturated rings. The van der Waals surface area contributed by atoms with Gasteiger partial charge in [0.15, 0.2) is 6.29 Å².